The van der Waals surface area contributed by atoms with Gasteiger partial charge < -0.3 is 10.1 Å². The number of carbonyl (C=O) groups is 1. The van der Waals surface area contributed by atoms with Gasteiger partial charge >= 0.3 is 0 Å². The van der Waals surface area contributed by atoms with Crippen molar-refractivity contribution in [1.82, 2.24) is 5.32 Å². The minimum Gasteiger partial charge on any atom is -0.492 e. The number of anilines is 1. The number of nitrogens with zero attached hydrogens (tertiary/aromatic N) is 1. The predicted molar refractivity (Wildman–Crippen MR) is 117 cm³/mol. The highest BCUT2D eigenvalue weighted by Gasteiger charge is 2.31. The third-order valence-electron chi connectivity index (χ3n) is 4.54. The quantitative estimate of drug-likeness (QED) is 0.606. The number of amides is 1. The summed E-state index contributed by atoms with van der Waals surface area (Å²) in [6.07, 6.45) is 1.39. The van der Waals surface area contributed by atoms with Crippen LogP contribution in [0.15, 0.2) is 42.5 Å². The van der Waals surface area contributed by atoms with E-state index in [9.17, 15) is 13.2 Å². The van der Waals surface area contributed by atoms with E-state index in [-0.39, 0.29) is 19.1 Å². The van der Waals surface area contributed by atoms with Crippen molar-refractivity contribution in [2.75, 3.05) is 23.7 Å². The smallest absolute Gasteiger partial charge is 0.244 e. The van der Waals surface area contributed by atoms with Gasteiger partial charge in [0.25, 0.3) is 0 Å². The molecule has 6 nitrogen and oxygen atoms in total. The summed E-state index contributed by atoms with van der Waals surface area (Å²) in [4.78, 5) is 12.7. The Kier molecular flexibility index (Phi) is 7.93. The highest BCUT2D eigenvalue weighted by Crippen LogP contribution is 2.25. The first kappa shape index (κ1) is 23.0. The number of halogens is 1. The van der Waals surface area contributed by atoms with E-state index in [1.54, 1.807) is 25.1 Å². The van der Waals surface area contributed by atoms with Crippen LogP contribution in [0.4, 0.5) is 5.69 Å². The fourth-order valence-corrected chi connectivity index (χ4v) is 4.33. The first-order valence-electron chi connectivity index (χ1n) is 9.36. The molecule has 0 heterocycles. The van der Waals surface area contributed by atoms with Crippen LogP contribution in [-0.4, -0.2) is 39.8 Å². The minimum atomic E-state index is -3.69. The molecule has 0 fully saturated rings. The summed E-state index contributed by atoms with van der Waals surface area (Å²) < 4.78 is 31.6. The van der Waals surface area contributed by atoms with E-state index in [1.165, 1.54) is 11.6 Å². The highest BCUT2D eigenvalue weighted by molar-refractivity contribution is 7.92. The van der Waals surface area contributed by atoms with Crippen molar-refractivity contribution in [3.63, 3.8) is 0 Å². The summed E-state index contributed by atoms with van der Waals surface area (Å²) in [5.74, 6) is 0.340. The highest BCUT2D eigenvalue weighted by atomic mass is 35.5. The first-order chi connectivity index (χ1) is 13.6. The Balaban J connectivity index is 2.04. The second kappa shape index (κ2) is 9.98. The summed E-state index contributed by atoms with van der Waals surface area (Å²) in [7, 11) is -3.69. The molecule has 8 heteroatoms. The molecule has 0 saturated heterocycles. The molecule has 0 aromatic heterocycles. The zero-order valence-electron chi connectivity index (χ0n) is 17.1. The van der Waals surface area contributed by atoms with Crippen LogP contribution in [0, 0.1) is 13.8 Å². The molecule has 0 bridgehead atoms. The molecule has 0 unspecified atom stereocenters. The number of hydrogen-bond acceptors (Lipinski definition) is 4. The molecule has 2 rings (SSSR count). The Morgan fingerprint density at radius 1 is 1.17 bits per heavy atom. The van der Waals surface area contributed by atoms with Gasteiger partial charge in [0.1, 0.15) is 18.4 Å². The fraction of sp³-hybridized carbons (Fsp3) is 0.381. The van der Waals surface area contributed by atoms with Crippen molar-refractivity contribution in [3.8, 4) is 5.75 Å². The maximum Gasteiger partial charge on any atom is 0.244 e. The van der Waals surface area contributed by atoms with Crippen LogP contribution in [0.5, 0.6) is 5.75 Å². The van der Waals surface area contributed by atoms with Crippen LogP contribution in [0.1, 0.15) is 24.5 Å². The zero-order valence-corrected chi connectivity index (χ0v) is 18.7. The Morgan fingerprint density at radius 3 is 2.48 bits per heavy atom. The molecule has 2 aromatic carbocycles. The fourth-order valence-electron chi connectivity index (χ4n) is 2.94. The third kappa shape index (κ3) is 6.37. The van der Waals surface area contributed by atoms with Gasteiger partial charge in [-0.25, -0.2) is 8.42 Å². The molecule has 0 aliphatic carbocycles. The molecule has 0 aliphatic rings. The van der Waals surface area contributed by atoms with Crippen LogP contribution in [0.25, 0.3) is 0 Å². The number of benzene rings is 2. The number of ether oxygens (including phenoxy) is 1. The van der Waals surface area contributed by atoms with Gasteiger partial charge in [-0.05, 0) is 61.7 Å². The van der Waals surface area contributed by atoms with Crippen LogP contribution in [-0.2, 0) is 14.8 Å². The molecule has 1 atom stereocenters. The van der Waals surface area contributed by atoms with Crippen molar-refractivity contribution >= 4 is 33.2 Å². The van der Waals surface area contributed by atoms with E-state index in [2.05, 4.69) is 5.32 Å². The van der Waals surface area contributed by atoms with Gasteiger partial charge in [0.2, 0.25) is 15.9 Å². The minimum absolute atomic E-state index is 0.259. The predicted octanol–water partition coefficient (Wildman–Crippen LogP) is 3.70. The van der Waals surface area contributed by atoms with Crippen molar-refractivity contribution in [1.29, 1.82) is 0 Å². The van der Waals surface area contributed by atoms with Gasteiger partial charge in [0.05, 0.1) is 18.5 Å². The van der Waals surface area contributed by atoms with Gasteiger partial charge in [0, 0.05) is 5.02 Å². The second-order valence-electron chi connectivity index (χ2n) is 6.85. The average molecular weight is 439 g/mol. The van der Waals surface area contributed by atoms with Crippen LogP contribution >= 0.6 is 11.6 Å². The van der Waals surface area contributed by atoms with E-state index in [4.69, 9.17) is 16.3 Å². The zero-order chi connectivity index (χ0) is 21.6. The lowest BCUT2D eigenvalue weighted by atomic mass is 10.1. The van der Waals surface area contributed by atoms with E-state index < -0.39 is 16.1 Å². The van der Waals surface area contributed by atoms with Crippen molar-refractivity contribution in [2.24, 2.45) is 0 Å². The average Bonchev–Trinajstić information content (AvgIpc) is 2.64. The third-order valence-corrected chi connectivity index (χ3v) is 5.96. The van der Waals surface area contributed by atoms with E-state index in [1.807, 2.05) is 32.0 Å². The number of sulfonamides is 1. The topological polar surface area (TPSA) is 75.7 Å². The molecular weight excluding hydrogens is 412 g/mol. The maximum atomic E-state index is 12.7. The molecule has 2 aromatic rings. The molecule has 0 aliphatic heterocycles. The van der Waals surface area contributed by atoms with Crippen LogP contribution in [0.3, 0.4) is 0 Å². The lowest BCUT2D eigenvalue weighted by Gasteiger charge is -2.30. The van der Waals surface area contributed by atoms with Crippen LogP contribution in [0.2, 0.25) is 5.02 Å². The maximum absolute atomic E-state index is 12.7. The van der Waals surface area contributed by atoms with Gasteiger partial charge in [0.15, 0.2) is 0 Å². The summed E-state index contributed by atoms with van der Waals surface area (Å²) in [6, 6.07) is 11.4. The monoisotopic (exact) mass is 438 g/mol. The van der Waals surface area contributed by atoms with Gasteiger partial charge in [-0.1, -0.05) is 30.7 Å². The first-order valence-corrected chi connectivity index (χ1v) is 11.6. The normalized spacial score (nSPS) is 12.3. The Hall–Kier alpha value is -2.25. The SMILES string of the molecule is CC[C@@H](C(=O)NCCOc1ccc(C)c(C)c1)N(c1cccc(Cl)c1)S(C)(=O)=O. The van der Waals surface area contributed by atoms with Crippen molar-refractivity contribution < 1.29 is 17.9 Å². The van der Waals surface area contributed by atoms with Gasteiger partial charge in [-0.3, -0.25) is 9.10 Å². The molecule has 1 amide bonds. The number of hydrogen-bond donors (Lipinski definition) is 1. The molecule has 1 N–H and O–H groups in total. The summed E-state index contributed by atoms with van der Waals surface area (Å²) in [5.41, 5.74) is 2.66. The van der Waals surface area contributed by atoms with E-state index in [0.717, 1.165) is 21.9 Å². The Morgan fingerprint density at radius 2 is 1.90 bits per heavy atom. The van der Waals surface area contributed by atoms with Crippen molar-refractivity contribution in [3.05, 3.63) is 58.6 Å². The number of carbonyl (C=O) groups excluding carboxylic acids is 1. The summed E-state index contributed by atoms with van der Waals surface area (Å²) in [5, 5.41) is 3.16. The molecule has 0 saturated carbocycles. The molecule has 158 valence electrons. The van der Waals surface area contributed by atoms with Crippen molar-refractivity contribution in [2.45, 2.75) is 33.2 Å². The van der Waals surface area contributed by atoms with Crippen LogP contribution < -0.4 is 14.4 Å². The Bertz CT molecular complexity index is 963. The van der Waals surface area contributed by atoms with Gasteiger partial charge in [-0.2, -0.15) is 0 Å². The number of nitrogens with one attached hydrogen (secondary N) is 1. The number of rotatable bonds is 9. The molecule has 0 radical (unpaired) electrons. The Labute approximate surface area is 177 Å². The summed E-state index contributed by atoms with van der Waals surface area (Å²) in [6.45, 7) is 6.33. The van der Waals surface area contributed by atoms with E-state index >= 15 is 0 Å². The number of aryl methyl sites for hydroxylation is 2. The molecular formula is C21H27ClN2O4S. The summed E-state index contributed by atoms with van der Waals surface area (Å²) >= 11 is 6.01. The standard InChI is InChI=1S/C21H27ClN2O4S/c1-5-20(24(29(4,26)27)18-8-6-7-17(22)14-18)21(25)23-11-12-28-19-10-9-15(2)16(3)13-19/h6-10,13-14,20H,5,11-12H2,1-4H3,(H,23,25)/t20-/m0/s1. The van der Waals surface area contributed by atoms with E-state index in [0.29, 0.717) is 17.1 Å². The lowest BCUT2D eigenvalue weighted by Crippen LogP contribution is -2.50. The molecule has 0 spiro atoms. The lowest BCUT2D eigenvalue weighted by molar-refractivity contribution is -0.122. The second-order valence-corrected chi connectivity index (χ2v) is 9.14. The molecule has 29 heavy (non-hydrogen) atoms. The largest absolute Gasteiger partial charge is 0.492 e. The van der Waals surface area contributed by atoms with Gasteiger partial charge in [-0.15, -0.1) is 0 Å².